The fourth-order valence-corrected chi connectivity index (χ4v) is 1.22. The molecule has 0 aromatic rings. The highest BCUT2D eigenvalue weighted by Gasteiger charge is 2.37. The van der Waals surface area contributed by atoms with Crippen LogP contribution in [0.1, 0.15) is 19.3 Å². The molecular weight excluding hydrogens is 160 g/mol. The number of ether oxygens (including phenoxy) is 1. The van der Waals surface area contributed by atoms with E-state index < -0.39 is 17.9 Å². The van der Waals surface area contributed by atoms with E-state index in [9.17, 15) is 9.59 Å². The second-order valence-electron chi connectivity index (χ2n) is 3.06. The molecule has 0 spiro atoms. The normalized spacial score (nSPS) is 18.4. The molecule has 0 aliphatic heterocycles. The number of methoxy groups -OCH3 is 1. The average Bonchev–Trinajstić information content (AvgIpc) is 2.81. The summed E-state index contributed by atoms with van der Waals surface area (Å²) in [6, 6.07) is 0. The standard InChI is InChI=1S/C8H12O4/c1-12-7(9)4-6(8(10)11)5-2-3-5/h5-6H,2-4H2,1H3,(H,10,11)/t6-/m0/s1. The molecule has 1 aliphatic carbocycles. The fourth-order valence-electron chi connectivity index (χ4n) is 1.22. The Balaban J connectivity index is 2.43. The number of esters is 1. The van der Waals surface area contributed by atoms with Gasteiger partial charge in [-0.05, 0) is 18.8 Å². The van der Waals surface area contributed by atoms with Crippen molar-refractivity contribution < 1.29 is 19.4 Å². The maximum absolute atomic E-state index is 10.8. The van der Waals surface area contributed by atoms with Gasteiger partial charge in [0.1, 0.15) is 0 Å². The smallest absolute Gasteiger partial charge is 0.307 e. The third kappa shape index (κ3) is 2.22. The van der Waals surface area contributed by atoms with Crippen LogP contribution >= 0.6 is 0 Å². The van der Waals surface area contributed by atoms with Crippen molar-refractivity contribution >= 4 is 11.9 Å². The van der Waals surface area contributed by atoms with E-state index in [1.165, 1.54) is 7.11 Å². The zero-order chi connectivity index (χ0) is 9.14. The number of rotatable bonds is 4. The van der Waals surface area contributed by atoms with Crippen molar-refractivity contribution in [2.45, 2.75) is 19.3 Å². The van der Waals surface area contributed by atoms with Gasteiger partial charge in [0.25, 0.3) is 0 Å². The molecule has 0 bridgehead atoms. The van der Waals surface area contributed by atoms with Crippen molar-refractivity contribution in [1.29, 1.82) is 0 Å². The Bertz CT molecular complexity index is 195. The largest absolute Gasteiger partial charge is 0.481 e. The van der Waals surface area contributed by atoms with Gasteiger partial charge in [-0.25, -0.2) is 0 Å². The summed E-state index contributed by atoms with van der Waals surface area (Å²) in [5.74, 6) is -1.66. The van der Waals surface area contributed by atoms with Crippen LogP contribution in [-0.4, -0.2) is 24.2 Å². The highest BCUT2D eigenvalue weighted by molar-refractivity contribution is 5.79. The van der Waals surface area contributed by atoms with E-state index >= 15 is 0 Å². The fraction of sp³-hybridized carbons (Fsp3) is 0.750. The lowest BCUT2D eigenvalue weighted by Crippen LogP contribution is -2.20. The summed E-state index contributed by atoms with van der Waals surface area (Å²) in [6.07, 6.45) is 1.86. The van der Waals surface area contributed by atoms with Crippen molar-refractivity contribution in [2.75, 3.05) is 7.11 Å². The molecular formula is C8H12O4. The first-order valence-electron chi connectivity index (χ1n) is 3.94. The molecule has 0 radical (unpaired) electrons. The number of carboxylic acid groups (broad SMARTS) is 1. The van der Waals surface area contributed by atoms with E-state index in [0.717, 1.165) is 12.8 Å². The van der Waals surface area contributed by atoms with Crippen LogP contribution in [0, 0.1) is 11.8 Å². The van der Waals surface area contributed by atoms with E-state index in [1.54, 1.807) is 0 Å². The molecule has 0 amide bonds. The van der Waals surface area contributed by atoms with Gasteiger partial charge in [0.15, 0.2) is 0 Å². The number of carboxylic acids is 1. The lowest BCUT2D eigenvalue weighted by molar-refractivity contribution is -0.150. The highest BCUT2D eigenvalue weighted by Crippen LogP contribution is 2.38. The Hall–Kier alpha value is -1.06. The van der Waals surface area contributed by atoms with Crippen molar-refractivity contribution in [3.05, 3.63) is 0 Å². The maximum Gasteiger partial charge on any atom is 0.307 e. The first-order chi connectivity index (χ1) is 5.65. The number of aliphatic carboxylic acids is 1. The Kier molecular flexibility index (Phi) is 2.68. The predicted octanol–water partition coefficient (Wildman–Crippen LogP) is 0.660. The summed E-state index contributed by atoms with van der Waals surface area (Å²) in [6.45, 7) is 0. The van der Waals surface area contributed by atoms with Crippen molar-refractivity contribution in [2.24, 2.45) is 11.8 Å². The van der Waals surface area contributed by atoms with Crippen LogP contribution in [0.3, 0.4) is 0 Å². The van der Waals surface area contributed by atoms with Crippen LogP contribution in [0.25, 0.3) is 0 Å². The summed E-state index contributed by atoms with van der Waals surface area (Å²) < 4.78 is 4.41. The number of hydrogen-bond donors (Lipinski definition) is 1. The molecule has 1 atom stereocenters. The zero-order valence-corrected chi connectivity index (χ0v) is 6.95. The molecule has 0 heterocycles. The Morgan fingerprint density at radius 2 is 2.17 bits per heavy atom. The molecule has 68 valence electrons. The minimum Gasteiger partial charge on any atom is -0.481 e. The van der Waals surface area contributed by atoms with Gasteiger partial charge in [-0.1, -0.05) is 0 Å². The number of carbonyl (C=O) groups excluding carboxylic acids is 1. The quantitative estimate of drug-likeness (QED) is 0.633. The summed E-state index contributed by atoms with van der Waals surface area (Å²) in [4.78, 5) is 21.4. The number of hydrogen-bond acceptors (Lipinski definition) is 3. The number of carbonyl (C=O) groups is 2. The molecule has 4 nitrogen and oxygen atoms in total. The van der Waals surface area contributed by atoms with Crippen molar-refractivity contribution in [3.8, 4) is 0 Å². The third-order valence-corrected chi connectivity index (χ3v) is 2.12. The zero-order valence-electron chi connectivity index (χ0n) is 6.95. The highest BCUT2D eigenvalue weighted by atomic mass is 16.5. The van der Waals surface area contributed by atoms with Gasteiger partial charge in [-0.2, -0.15) is 0 Å². The van der Waals surface area contributed by atoms with Crippen molar-refractivity contribution in [1.82, 2.24) is 0 Å². The van der Waals surface area contributed by atoms with Gasteiger partial charge >= 0.3 is 11.9 Å². The van der Waals surface area contributed by atoms with Crippen LogP contribution in [0.15, 0.2) is 0 Å². The Labute approximate surface area is 70.5 Å². The first-order valence-corrected chi connectivity index (χ1v) is 3.94. The molecule has 1 N–H and O–H groups in total. The molecule has 12 heavy (non-hydrogen) atoms. The SMILES string of the molecule is COC(=O)C[C@H](C(=O)O)C1CC1. The van der Waals surface area contributed by atoms with Crippen LogP contribution in [0.4, 0.5) is 0 Å². The summed E-state index contributed by atoms with van der Waals surface area (Å²) in [7, 11) is 1.27. The third-order valence-electron chi connectivity index (χ3n) is 2.12. The maximum atomic E-state index is 10.8. The monoisotopic (exact) mass is 172 g/mol. The Morgan fingerprint density at radius 3 is 2.50 bits per heavy atom. The molecule has 4 heteroatoms. The van der Waals surface area contributed by atoms with Crippen molar-refractivity contribution in [3.63, 3.8) is 0 Å². The van der Waals surface area contributed by atoms with E-state index in [1.807, 2.05) is 0 Å². The van der Waals surface area contributed by atoms with Crippen LogP contribution in [0.5, 0.6) is 0 Å². The molecule has 0 aromatic carbocycles. The van der Waals surface area contributed by atoms with Crippen LogP contribution < -0.4 is 0 Å². The molecule has 0 unspecified atom stereocenters. The summed E-state index contributed by atoms with van der Waals surface area (Å²) >= 11 is 0. The van der Waals surface area contributed by atoms with E-state index in [2.05, 4.69) is 4.74 Å². The van der Waals surface area contributed by atoms with Crippen LogP contribution in [-0.2, 0) is 14.3 Å². The van der Waals surface area contributed by atoms with E-state index in [0.29, 0.717) is 0 Å². The molecule has 0 aromatic heterocycles. The van der Waals surface area contributed by atoms with Gasteiger partial charge in [-0.15, -0.1) is 0 Å². The van der Waals surface area contributed by atoms with Crippen LogP contribution in [0.2, 0.25) is 0 Å². The van der Waals surface area contributed by atoms with Gasteiger partial charge in [0.05, 0.1) is 19.4 Å². The second kappa shape index (κ2) is 3.56. The van der Waals surface area contributed by atoms with Gasteiger partial charge in [-0.3, -0.25) is 9.59 Å². The average molecular weight is 172 g/mol. The first kappa shape index (κ1) is 9.03. The van der Waals surface area contributed by atoms with E-state index in [-0.39, 0.29) is 12.3 Å². The summed E-state index contributed by atoms with van der Waals surface area (Å²) in [5.41, 5.74) is 0. The Morgan fingerprint density at radius 1 is 1.58 bits per heavy atom. The predicted molar refractivity (Wildman–Crippen MR) is 40.5 cm³/mol. The molecule has 1 aliphatic rings. The topological polar surface area (TPSA) is 63.6 Å². The lowest BCUT2D eigenvalue weighted by Gasteiger charge is -2.08. The molecule has 0 saturated heterocycles. The molecule has 1 saturated carbocycles. The summed E-state index contributed by atoms with van der Waals surface area (Å²) in [5, 5.41) is 8.72. The minimum absolute atomic E-state index is 0.0104. The molecule has 1 rings (SSSR count). The van der Waals surface area contributed by atoms with Gasteiger partial charge < -0.3 is 9.84 Å². The molecule has 1 fully saturated rings. The lowest BCUT2D eigenvalue weighted by atomic mass is 10.0. The van der Waals surface area contributed by atoms with Gasteiger partial charge in [0, 0.05) is 0 Å². The second-order valence-corrected chi connectivity index (χ2v) is 3.06. The van der Waals surface area contributed by atoms with Gasteiger partial charge in [0.2, 0.25) is 0 Å². The van der Waals surface area contributed by atoms with E-state index in [4.69, 9.17) is 5.11 Å². The minimum atomic E-state index is -0.886.